The van der Waals surface area contributed by atoms with E-state index in [9.17, 15) is 28.1 Å². The number of nitrogens with zero attached hydrogens (tertiary/aromatic N) is 2. The zero-order valence-electron chi connectivity index (χ0n) is 20.3. The number of non-ortho nitro benzene ring substituents is 1. The molecule has 0 atom stereocenters. The molecular weight excluding hydrogens is 542 g/mol. The van der Waals surface area contributed by atoms with E-state index in [1.54, 1.807) is 35.7 Å². The number of amides is 2. The van der Waals surface area contributed by atoms with Gasteiger partial charge in [0.2, 0.25) is 0 Å². The second kappa shape index (κ2) is 11.7. The van der Waals surface area contributed by atoms with Crippen molar-refractivity contribution < 1.29 is 22.9 Å². The van der Waals surface area contributed by atoms with Gasteiger partial charge in [0.15, 0.2) is 5.13 Å². The van der Waals surface area contributed by atoms with E-state index in [0.717, 1.165) is 16.9 Å². The number of aryl methyl sites for hydroxylation is 1. The van der Waals surface area contributed by atoms with Crippen molar-refractivity contribution in [1.82, 2.24) is 10.3 Å². The van der Waals surface area contributed by atoms with Gasteiger partial charge in [0.05, 0.1) is 9.82 Å². The van der Waals surface area contributed by atoms with Crippen LogP contribution < -0.4 is 15.4 Å². The number of carbonyl (C=O) groups excluding carboxylic acids is 2. The van der Waals surface area contributed by atoms with Crippen molar-refractivity contribution >= 4 is 55.8 Å². The van der Waals surface area contributed by atoms with E-state index in [1.165, 1.54) is 54.7 Å². The minimum atomic E-state index is -3.88. The zero-order chi connectivity index (χ0) is 28.0. The van der Waals surface area contributed by atoms with Gasteiger partial charge in [0.1, 0.15) is 5.70 Å². The number of nitrogens with one attached hydrogen (secondary N) is 3. The number of rotatable bonds is 9. The van der Waals surface area contributed by atoms with Crippen molar-refractivity contribution in [1.29, 1.82) is 0 Å². The van der Waals surface area contributed by atoms with Gasteiger partial charge in [-0.3, -0.25) is 24.4 Å². The first-order valence-corrected chi connectivity index (χ1v) is 13.6. The molecule has 3 aromatic carbocycles. The highest BCUT2D eigenvalue weighted by molar-refractivity contribution is 7.93. The highest BCUT2D eigenvalue weighted by atomic mass is 32.2. The lowest BCUT2D eigenvalue weighted by Crippen LogP contribution is -2.30. The normalized spacial score (nSPS) is 11.5. The van der Waals surface area contributed by atoms with Crippen molar-refractivity contribution in [3.63, 3.8) is 0 Å². The first kappa shape index (κ1) is 27.2. The molecule has 0 saturated carbocycles. The van der Waals surface area contributed by atoms with Gasteiger partial charge in [-0.05, 0) is 55.0 Å². The quantitative estimate of drug-likeness (QED) is 0.153. The summed E-state index contributed by atoms with van der Waals surface area (Å²) < 4.78 is 27.5. The Morgan fingerprint density at radius 3 is 2.38 bits per heavy atom. The third-order valence-electron chi connectivity index (χ3n) is 5.28. The van der Waals surface area contributed by atoms with Crippen LogP contribution in [0.3, 0.4) is 0 Å². The standard InChI is InChI=1S/C26H21N5O6S2/c1-17-5-7-19(8-6-17)24(32)29-23(16-18-3-2-4-21(15-18)31(34)35)25(33)28-20-9-11-22(12-10-20)39(36,37)30-26-27-13-14-38-26/h2-16H,1H3,(H,27,30)(H,28,33)(H,29,32). The number of hydrogen-bond acceptors (Lipinski definition) is 8. The van der Waals surface area contributed by atoms with E-state index in [1.807, 2.05) is 6.92 Å². The summed E-state index contributed by atoms with van der Waals surface area (Å²) in [4.78, 5) is 40.5. The summed E-state index contributed by atoms with van der Waals surface area (Å²) in [6.45, 7) is 1.87. The molecule has 0 aliphatic carbocycles. The van der Waals surface area contributed by atoms with E-state index in [-0.39, 0.29) is 27.1 Å². The van der Waals surface area contributed by atoms with Crippen LogP contribution in [0.2, 0.25) is 0 Å². The number of carbonyl (C=O) groups is 2. The largest absolute Gasteiger partial charge is 0.321 e. The summed E-state index contributed by atoms with van der Waals surface area (Å²) in [5.74, 6) is -1.28. The lowest BCUT2D eigenvalue weighted by molar-refractivity contribution is -0.384. The van der Waals surface area contributed by atoms with Crippen LogP contribution in [0.15, 0.2) is 95.0 Å². The van der Waals surface area contributed by atoms with Gasteiger partial charge in [-0.2, -0.15) is 0 Å². The number of hydrogen-bond donors (Lipinski definition) is 3. The van der Waals surface area contributed by atoms with Crippen LogP contribution in [0.5, 0.6) is 0 Å². The molecule has 0 unspecified atom stereocenters. The van der Waals surface area contributed by atoms with Crippen molar-refractivity contribution in [2.24, 2.45) is 0 Å². The second-order valence-corrected chi connectivity index (χ2v) is 10.7. The molecule has 0 radical (unpaired) electrons. The van der Waals surface area contributed by atoms with Crippen LogP contribution in [0.1, 0.15) is 21.5 Å². The summed E-state index contributed by atoms with van der Waals surface area (Å²) in [5, 5.41) is 18.2. The fourth-order valence-electron chi connectivity index (χ4n) is 3.32. The Morgan fingerprint density at radius 2 is 1.74 bits per heavy atom. The van der Waals surface area contributed by atoms with Gasteiger partial charge in [-0.15, -0.1) is 11.3 Å². The molecule has 1 heterocycles. The Morgan fingerprint density at radius 1 is 1.03 bits per heavy atom. The number of nitro groups is 1. The van der Waals surface area contributed by atoms with Crippen molar-refractivity contribution in [2.75, 3.05) is 10.0 Å². The van der Waals surface area contributed by atoms with Gasteiger partial charge in [-0.1, -0.05) is 29.8 Å². The second-order valence-electron chi connectivity index (χ2n) is 8.15. The maximum atomic E-state index is 13.2. The molecule has 11 nitrogen and oxygen atoms in total. The van der Waals surface area contributed by atoms with Crippen molar-refractivity contribution in [3.05, 3.63) is 117 Å². The van der Waals surface area contributed by atoms with E-state index < -0.39 is 26.8 Å². The predicted molar refractivity (Wildman–Crippen MR) is 148 cm³/mol. The van der Waals surface area contributed by atoms with Crippen molar-refractivity contribution in [2.45, 2.75) is 11.8 Å². The van der Waals surface area contributed by atoms with E-state index in [2.05, 4.69) is 20.3 Å². The molecule has 1 aromatic heterocycles. The molecule has 13 heteroatoms. The molecule has 2 amide bonds. The minimum absolute atomic E-state index is 0.0456. The molecule has 0 fully saturated rings. The topological polar surface area (TPSA) is 160 Å². The SMILES string of the molecule is Cc1ccc(C(=O)NC(=Cc2cccc([N+](=O)[O-])c2)C(=O)Nc2ccc(S(=O)(=O)Nc3nccs3)cc2)cc1. The maximum Gasteiger partial charge on any atom is 0.272 e. The molecule has 0 aliphatic rings. The molecule has 0 saturated heterocycles. The molecule has 0 aliphatic heterocycles. The van der Waals surface area contributed by atoms with Crippen molar-refractivity contribution in [3.8, 4) is 0 Å². The molecule has 39 heavy (non-hydrogen) atoms. The molecule has 4 aromatic rings. The fourth-order valence-corrected chi connectivity index (χ4v) is 5.10. The average Bonchev–Trinajstić information content (AvgIpc) is 3.41. The number of thiazole rings is 1. The first-order valence-electron chi connectivity index (χ1n) is 11.3. The van der Waals surface area contributed by atoms with Crippen LogP contribution in [0.25, 0.3) is 6.08 Å². The lowest BCUT2D eigenvalue weighted by atomic mass is 10.1. The number of aromatic nitrogens is 1. The molecule has 198 valence electrons. The van der Waals surface area contributed by atoms with E-state index >= 15 is 0 Å². The summed E-state index contributed by atoms with van der Waals surface area (Å²) in [7, 11) is -3.88. The Labute approximate surface area is 227 Å². The van der Waals surface area contributed by atoms with Crippen LogP contribution in [0.4, 0.5) is 16.5 Å². The van der Waals surface area contributed by atoms with Gasteiger partial charge >= 0.3 is 0 Å². The maximum absolute atomic E-state index is 13.2. The zero-order valence-corrected chi connectivity index (χ0v) is 22.0. The first-order chi connectivity index (χ1) is 18.6. The summed E-state index contributed by atoms with van der Waals surface area (Å²) >= 11 is 1.13. The molecule has 3 N–H and O–H groups in total. The molecular formula is C26H21N5O6S2. The molecule has 0 spiro atoms. The average molecular weight is 564 g/mol. The third-order valence-corrected chi connectivity index (χ3v) is 7.45. The lowest BCUT2D eigenvalue weighted by Gasteiger charge is -2.12. The smallest absolute Gasteiger partial charge is 0.272 e. The molecule has 4 rings (SSSR count). The van der Waals surface area contributed by atoms with Gasteiger partial charge < -0.3 is 10.6 Å². The predicted octanol–water partition coefficient (Wildman–Crippen LogP) is 4.57. The monoisotopic (exact) mass is 563 g/mol. The Bertz CT molecular complexity index is 1650. The van der Waals surface area contributed by atoms with E-state index in [4.69, 9.17) is 0 Å². The minimum Gasteiger partial charge on any atom is -0.321 e. The van der Waals surface area contributed by atoms with E-state index in [0.29, 0.717) is 11.1 Å². The Hall–Kier alpha value is -4.88. The van der Waals surface area contributed by atoms with Gasteiger partial charge in [-0.25, -0.2) is 13.4 Å². The number of benzene rings is 3. The molecule has 0 bridgehead atoms. The van der Waals surface area contributed by atoms with Crippen LogP contribution in [-0.2, 0) is 14.8 Å². The van der Waals surface area contributed by atoms with Crippen LogP contribution >= 0.6 is 11.3 Å². The summed E-state index contributed by atoms with van der Waals surface area (Å²) in [5.41, 5.74) is 1.46. The number of nitro benzene ring substituents is 1. The fraction of sp³-hybridized carbons (Fsp3) is 0.0385. The van der Waals surface area contributed by atoms with Crippen LogP contribution in [0, 0.1) is 17.0 Å². The highest BCUT2D eigenvalue weighted by Crippen LogP contribution is 2.21. The third kappa shape index (κ3) is 7.12. The number of anilines is 2. The summed E-state index contributed by atoms with van der Waals surface area (Å²) in [6.07, 6.45) is 2.78. The highest BCUT2D eigenvalue weighted by Gasteiger charge is 2.18. The van der Waals surface area contributed by atoms with Gasteiger partial charge in [0.25, 0.3) is 27.5 Å². The van der Waals surface area contributed by atoms with Crippen LogP contribution in [-0.4, -0.2) is 30.1 Å². The van der Waals surface area contributed by atoms with Gasteiger partial charge in [0, 0.05) is 35.0 Å². The summed E-state index contributed by atoms with van der Waals surface area (Å²) in [6, 6.07) is 17.7. The Kier molecular flexibility index (Phi) is 8.13. The number of sulfonamides is 1. The Balaban J connectivity index is 1.57.